The summed E-state index contributed by atoms with van der Waals surface area (Å²) in [6.07, 6.45) is 0. The van der Waals surface area contributed by atoms with E-state index >= 15 is 0 Å². The third-order valence-corrected chi connectivity index (χ3v) is 4.00. The number of hydrogen-bond donors (Lipinski definition) is 1. The molecular weight excluding hydrogens is 326 g/mol. The van der Waals surface area contributed by atoms with Gasteiger partial charge in [-0.1, -0.05) is 40.2 Å². The van der Waals surface area contributed by atoms with Crippen LogP contribution in [-0.2, 0) is 6.54 Å². The molecule has 108 valence electrons. The molecule has 3 nitrogen and oxygen atoms in total. The van der Waals surface area contributed by atoms with E-state index in [-0.39, 0.29) is 0 Å². The number of anilines is 1. The maximum absolute atomic E-state index is 4.71. The summed E-state index contributed by atoms with van der Waals surface area (Å²) >= 11 is 3.46. The second-order valence-corrected chi connectivity index (χ2v) is 6.28. The number of nitrogens with one attached hydrogen (secondary N) is 1. The fourth-order valence-electron chi connectivity index (χ4n) is 2.48. The first-order chi connectivity index (χ1) is 10.1. The Morgan fingerprint density at radius 3 is 2.52 bits per heavy atom. The molecule has 0 amide bonds. The van der Waals surface area contributed by atoms with Gasteiger partial charge >= 0.3 is 0 Å². The van der Waals surface area contributed by atoms with Crippen molar-refractivity contribution in [2.75, 3.05) is 5.32 Å². The molecule has 0 aliphatic carbocycles. The predicted molar refractivity (Wildman–Crippen MR) is 91.6 cm³/mol. The van der Waals surface area contributed by atoms with Crippen molar-refractivity contribution < 1.29 is 0 Å². The average Bonchev–Trinajstić information content (AvgIpc) is 2.85. The molecule has 0 radical (unpaired) electrons. The molecule has 1 aromatic heterocycles. The van der Waals surface area contributed by atoms with E-state index in [1.807, 2.05) is 6.07 Å². The molecule has 0 atom stereocenters. The molecule has 0 aliphatic heterocycles. The summed E-state index contributed by atoms with van der Waals surface area (Å²) in [6.45, 7) is 5.13. The maximum Gasteiger partial charge on any atom is 0.204 e. The summed E-state index contributed by atoms with van der Waals surface area (Å²) in [5.41, 5.74) is 3.44. The van der Waals surface area contributed by atoms with Crippen molar-refractivity contribution in [2.24, 2.45) is 0 Å². The summed E-state index contributed by atoms with van der Waals surface area (Å²) in [4.78, 5) is 4.71. The van der Waals surface area contributed by atoms with Crippen LogP contribution in [0.4, 0.5) is 5.95 Å². The number of para-hydroxylation sites is 2. The number of nitrogens with zero attached hydrogens (tertiary/aromatic N) is 2. The third-order valence-electron chi connectivity index (χ3n) is 3.48. The lowest BCUT2D eigenvalue weighted by atomic mass is 10.2. The Morgan fingerprint density at radius 2 is 1.81 bits per heavy atom. The number of imidazole rings is 1. The molecule has 0 aliphatic rings. The molecule has 0 saturated heterocycles. The monoisotopic (exact) mass is 343 g/mol. The number of aromatic nitrogens is 2. The first kappa shape index (κ1) is 14.1. The van der Waals surface area contributed by atoms with Gasteiger partial charge in [-0.05, 0) is 43.7 Å². The van der Waals surface area contributed by atoms with Crippen LogP contribution < -0.4 is 5.32 Å². The standard InChI is InChI=1S/C17H18BrN3/c1-12(2)21-16-6-4-3-5-15(16)20-17(21)19-11-13-7-9-14(18)10-8-13/h3-10,12H,11H2,1-2H3,(H,19,20). The summed E-state index contributed by atoms with van der Waals surface area (Å²) in [5, 5.41) is 3.46. The molecule has 1 N–H and O–H groups in total. The van der Waals surface area contributed by atoms with Gasteiger partial charge in [0.15, 0.2) is 0 Å². The van der Waals surface area contributed by atoms with Gasteiger partial charge in [0.2, 0.25) is 5.95 Å². The van der Waals surface area contributed by atoms with Crippen LogP contribution in [0.3, 0.4) is 0 Å². The average molecular weight is 344 g/mol. The van der Waals surface area contributed by atoms with Crippen LogP contribution in [0.25, 0.3) is 11.0 Å². The summed E-state index contributed by atoms with van der Waals surface area (Å²) in [7, 11) is 0. The van der Waals surface area contributed by atoms with Crippen LogP contribution in [0.15, 0.2) is 53.0 Å². The van der Waals surface area contributed by atoms with Crippen LogP contribution in [0.5, 0.6) is 0 Å². The van der Waals surface area contributed by atoms with E-state index in [4.69, 9.17) is 4.98 Å². The van der Waals surface area contributed by atoms with E-state index in [9.17, 15) is 0 Å². The van der Waals surface area contributed by atoms with Crippen molar-refractivity contribution in [2.45, 2.75) is 26.4 Å². The van der Waals surface area contributed by atoms with Crippen molar-refractivity contribution in [1.29, 1.82) is 0 Å². The molecule has 3 rings (SSSR count). The van der Waals surface area contributed by atoms with E-state index in [1.54, 1.807) is 0 Å². The molecule has 2 aromatic carbocycles. The first-order valence-electron chi connectivity index (χ1n) is 7.10. The topological polar surface area (TPSA) is 29.9 Å². The summed E-state index contributed by atoms with van der Waals surface area (Å²) in [5.74, 6) is 0.925. The Labute approximate surface area is 133 Å². The van der Waals surface area contributed by atoms with Gasteiger partial charge in [0.25, 0.3) is 0 Å². The highest BCUT2D eigenvalue weighted by Crippen LogP contribution is 2.24. The molecule has 0 saturated carbocycles. The molecule has 1 heterocycles. The van der Waals surface area contributed by atoms with Crippen LogP contribution in [0.1, 0.15) is 25.5 Å². The minimum Gasteiger partial charge on any atom is -0.352 e. The van der Waals surface area contributed by atoms with Crippen molar-refractivity contribution in [3.8, 4) is 0 Å². The fraction of sp³-hybridized carbons (Fsp3) is 0.235. The smallest absolute Gasteiger partial charge is 0.204 e. The highest BCUT2D eigenvalue weighted by atomic mass is 79.9. The Kier molecular flexibility index (Phi) is 3.97. The minimum atomic E-state index is 0.366. The lowest BCUT2D eigenvalue weighted by Gasteiger charge is -2.14. The van der Waals surface area contributed by atoms with Gasteiger partial charge < -0.3 is 9.88 Å². The van der Waals surface area contributed by atoms with E-state index < -0.39 is 0 Å². The van der Waals surface area contributed by atoms with Crippen LogP contribution in [0.2, 0.25) is 0 Å². The van der Waals surface area contributed by atoms with E-state index in [2.05, 4.69) is 82.1 Å². The Balaban J connectivity index is 1.89. The van der Waals surface area contributed by atoms with Crippen molar-refractivity contribution in [1.82, 2.24) is 9.55 Å². The molecule has 4 heteroatoms. The van der Waals surface area contributed by atoms with Gasteiger partial charge in [0, 0.05) is 17.1 Å². The minimum absolute atomic E-state index is 0.366. The van der Waals surface area contributed by atoms with E-state index in [0.717, 1.165) is 22.5 Å². The zero-order valence-corrected chi connectivity index (χ0v) is 13.8. The molecule has 0 spiro atoms. The highest BCUT2D eigenvalue weighted by molar-refractivity contribution is 9.10. The molecule has 0 unspecified atom stereocenters. The summed E-state index contributed by atoms with van der Waals surface area (Å²) < 4.78 is 3.34. The van der Waals surface area contributed by atoms with Crippen molar-refractivity contribution in [3.63, 3.8) is 0 Å². The maximum atomic E-state index is 4.71. The van der Waals surface area contributed by atoms with Gasteiger partial charge in [-0.2, -0.15) is 0 Å². The Bertz CT molecular complexity index is 744. The number of benzene rings is 2. The van der Waals surface area contributed by atoms with Crippen LogP contribution >= 0.6 is 15.9 Å². The number of fused-ring (bicyclic) bond motifs is 1. The Morgan fingerprint density at radius 1 is 1.10 bits per heavy atom. The van der Waals surface area contributed by atoms with Gasteiger partial charge in [0.1, 0.15) is 0 Å². The van der Waals surface area contributed by atoms with E-state index in [0.29, 0.717) is 6.04 Å². The van der Waals surface area contributed by atoms with Gasteiger partial charge in [-0.3, -0.25) is 0 Å². The molecule has 21 heavy (non-hydrogen) atoms. The molecule has 3 aromatic rings. The molecular formula is C17H18BrN3. The number of halogens is 1. The molecule has 0 bridgehead atoms. The first-order valence-corrected chi connectivity index (χ1v) is 7.90. The number of hydrogen-bond acceptors (Lipinski definition) is 2. The SMILES string of the molecule is CC(C)n1c(NCc2ccc(Br)cc2)nc2ccccc21. The van der Waals surface area contributed by atoms with Crippen molar-refractivity contribution >= 4 is 32.9 Å². The van der Waals surface area contributed by atoms with Crippen molar-refractivity contribution in [3.05, 3.63) is 58.6 Å². The zero-order chi connectivity index (χ0) is 14.8. The Hall–Kier alpha value is -1.81. The lowest BCUT2D eigenvalue weighted by Crippen LogP contribution is -2.09. The lowest BCUT2D eigenvalue weighted by molar-refractivity contribution is 0.622. The normalized spacial score (nSPS) is 11.2. The van der Waals surface area contributed by atoms with Gasteiger partial charge in [-0.15, -0.1) is 0 Å². The quantitative estimate of drug-likeness (QED) is 0.722. The van der Waals surface area contributed by atoms with Crippen LogP contribution in [-0.4, -0.2) is 9.55 Å². The molecule has 0 fully saturated rings. The summed E-state index contributed by atoms with van der Waals surface area (Å²) in [6, 6.07) is 17.0. The predicted octanol–water partition coefficient (Wildman–Crippen LogP) is 4.99. The third kappa shape index (κ3) is 2.95. The second kappa shape index (κ2) is 5.90. The highest BCUT2D eigenvalue weighted by Gasteiger charge is 2.12. The fourth-order valence-corrected chi connectivity index (χ4v) is 2.74. The number of rotatable bonds is 4. The zero-order valence-electron chi connectivity index (χ0n) is 12.2. The second-order valence-electron chi connectivity index (χ2n) is 5.37. The van der Waals surface area contributed by atoms with Crippen LogP contribution in [0, 0.1) is 0 Å². The van der Waals surface area contributed by atoms with Gasteiger partial charge in [-0.25, -0.2) is 4.98 Å². The largest absolute Gasteiger partial charge is 0.352 e. The van der Waals surface area contributed by atoms with Gasteiger partial charge in [0.05, 0.1) is 11.0 Å². The van der Waals surface area contributed by atoms with E-state index in [1.165, 1.54) is 11.1 Å².